The maximum Gasteiger partial charge on any atom is 0.254 e. The van der Waals surface area contributed by atoms with Gasteiger partial charge in [-0.05, 0) is 49.7 Å². The predicted octanol–water partition coefficient (Wildman–Crippen LogP) is 4.94. The number of pyridine rings is 1. The fraction of sp³-hybridized carbons (Fsp3) is 0.292. The first-order valence-electron chi connectivity index (χ1n) is 9.96. The van der Waals surface area contributed by atoms with E-state index in [1.54, 1.807) is 18.7 Å². The van der Waals surface area contributed by atoms with Crippen LogP contribution in [-0.4, -0.2) is 17.4 Å². The topological polar surface area (TPSA) is 34.0 Å². The van der Waals surface area contributed by atoms with Crippen LogP contribution in [0.4, 0.5) is 8.78 Å². The van der Waals surface area contributed by atoms with E-state index in [4.69, 9.17) is 0 Å². The number of halogens is 2. The van der Waals surface area contributed by atoms with Gasteiger partial charge in [0, 0.05) is 23.3 Å². The molecule has 2 unspecified atom stereocenters. The minimum Gasteiger partial charge on any atom is -0.311 e. The zero-order valence-electron chi connectivity index (χ0n) is 17.2. The van der Waals surface area contributed by atoms with Crippen LogP contribution in [0.5, 0.6) is 0 Å². The fourth-order valence-corrected chi connectivity index (χ4v) is 5.66. The van der Waals surface area contributed by atoms with Gasteiger partial charge in [0.1, 0.15) is 11.6 Å². The van der Waals surface area contributed by atoms with Crippen molar-refractivity contribution < 1.29 is 8.78 Å². The molecule has 2 heterocycles. The quantitative estimate of drug-likeness (QED) is 0.627. The Morgan fingerprint density at radius 2 is 1.70 bits per heavy atom. The van der Waals surface area contributed by atoms with Crippen molar-refractivity contribution >= 4 is 11.8 Å². The molecule has 1 aliphatic rings. The standard InChI is InChI=1S/C24H24F2N2OS/c1-14-15(2)23(29)28-21(22(27-3)16-8-5-4-6-9-16)13-30-24(28)17(14)12-18-19(25)10-7-11-20(18)26/h4-11,21-22,27H,12-13H2,1-3H3. The summed E-state index contributed by atoms with van der Waals surface area (Å²) >= 11 is 1.59. The highest BCUT2D eigenvalue weighted by molar-refractivity contribution is 7.99. The number of fused-ring (bicyclic) bond motifs is 1. The van der Waals surface area contributed by atoms with Crippen molar-refractivity contribution in [2.24, 2.45) is 0 Å². The van der Waals surface area contributed by atoms with Crippen LogP contribution in [0.15, 0.2) is 58.4 Å². The minimum atomic E-state index is -0.561. The molecule has 0 bridgehead atoms. The minimum absolute atomic E-state index is 0.0357. The first kappa shape index (κ1) is 20.8. The van der Waals surface area contributed by atoms with Crippen LogP contribution in [0.25, 0.3) is 0 Å². The smallest absolute Gasteiger partial charge is 0.254 e. The van der Waals surface area contributed by atoms with Gasteiger partial charge in [0.05, 0.1) is 17.1 Å². The van der Waals surface area contributed by atoms with Crippen LogP contribution in [0.1, 0.15) is 39.9 Å². The maximum atomic E-state index is 14.4. The molecule has 1 aliphatic heterocycles. The van der Waals surface area contributed by atoms with Gasteiger partial charge in [-0.15, -0.1) is 11.8 Å². The van der Waals surface area contributed by atoms with Crippen LogP contribution >= 0.6 is 11.8 Å². The lowest BCUT2D eigenvalue weighted by Crippen LogP contribution is -2.35. The lowest BCUT2D eigenvalue weighted by atomic mass is 9.96. The lowest BCUT2D eigenvalue weighted by Gasteiger charge is -2.26. The molecule has 6 heteroatoms. The second-order valence-corrected chi connectivity index (χ2v) is 8.65. The largest absolute Gasteiger partial charge is 0.311 e. The van der Waals surface area contributed by atoms with Crippen molar-refractivity contribution in [2.75, 3.05) is 12.8 Å². The summed E-state index contributed by atoms with van der Waals surface area (Å²) in [6.07, 6.45) is 0.121. The number of nitrogens with zero attached hydrogens (tertiary/aromatic N) is 1. The number of hydrogen-bond acceptors (Lipinski definition) is 3. The number of nitrogens with one attached hydrogen (secondary N) is 1. The summed E-state index contributed by atoms with van der Waals surface area (Å²) < 4.78 is 30.5. The molecule has 2 aromatic carbocycles. The fourth-order valence-electron chi connectivity index (χ4n) is 4.24. The summed E-state index contributed by atoms with van der Waals surface area (Å²) in [5.74, 6) is -0.409. The first-order valence-corrected chi connectivity index (χ1v) is 10.9. The van der Waals surface area contributed by atoms with Crippen LogP contribution in [0, 0.1) is 25.5 Å². The zero-order chi connectivity index (χ0) is 21.4. The van der Waals surface area contributed by atoms with Gasteiger partial charge in [0.25, 0.3) is 5.56 Å². The molecule has 1 N–H and O–H groups in total. The number of thioether (sulfide) groups is 1. The third-order valence-corrected chi connectivity index (χ3v) is 7.25. The average Bonchev–Trinajstić information content (AvgIpc) is 3.17. The van der Waals surface area contributed by atoms with Crippen molar-refractivity contribution in [3.63, 3.8) is 0 Å². The van der Waals surface area contributed by atoms with Gasteiger partial charge in [-0.3, -0.25) is 9.36 Å². The molecular weight excluding hydrogens is 402 g/mol. The van der Waals surface area contributed by atoms with E-state index < -0.39 is 11.6 Å². The van der Waals surface area contributed by atoms with E-state index in [1.807, 2.05) is 48.9 Å². The summed E-state index contributed by atoms with van der Waals surface area (Å²) in [7, 11) is 1.89. The molecule has 1 aromatic heterocycles. The van der Waals surface area contributed by atoms with Gasteiger partial charge in [0.2, 0.25) is 0 Å². The lowest BCUT2D eigenvalue weighted by molar-refractivity contribution is 0.388. The number of likely N-dealkylation sites (N-methyl/N-ethyl adjacent to an activating group) is 1. The monoisotopic (exact) mass is 426 g/mol. The molecule has 0 saturated carbocycles. The van der Waals surface area contributed by atoms with E-state index in [-0.39, 0.29) is 29.6 Å². The summed E-state index contributed by atoms with van der Waals surface area (Å²) in [6.45, 7) is 3.66. The van der Waals surface area contributed by atoms with E-state index in [1.165, 1.54) is 18.2 Å². The van der Waals surface area contributed by atoms with Crippen LogP contribution in [-0.2, 0) is 6.42 Å². The molecule has 0 saturated heterocycles. The van der Waals surface area contributed by atoms with Crippen LogP contribution in [0.3, 0.4) is 0 Å². The normalized spacial score (nSPS) is 16.5. The highest BCUT2D eigenvalue weighted by Crippen LogP contribution is 2.42. The van der Waals surface area contributed by atoms with Gasteiger partial charge in [-0.2, -0.15) is 0 Å². The van der Waals surface area contributed by atoms with Crippen LogP contribution in [0.2, 0.25) is 0 Å². The number of benzene rings is 2. The second-order valence-electron chi connectivity index (χ2n) is 7.64. The van der Waals surface area contributed by atoms with E-state index >= 15 is 0 Å². The molecule has 0 aliphatic carbocycles. The van der Waals surface area contributed by atoms with Gasteiger partial charge < -0.3 is 5.32 Å². The van der Waals surface area contributed by atoms with Crippen molar-refractivity contribution in [1.29, 1.82) is 0 Å². The number of aromatic nitrogens is 1. The van der Waals surface area contributed by atoms with Crippen molar-refractivity contribution in [1.82, 2.24) is 9.88 Å². The SMILES string of the molecule is CNC(c1ccccc1)C1CSc2c(Cc3c(F)cccc3F)c(C)c(C)c(=O)n21. The molecule has 0 spiro atoms. The van der Waals surface area contributed by atoms with Gasteiger partial charge in [-0.25, -0.2) is 8.78 Å². The van der Waals surface area contributed by atoms with E-state index in [0.29, 0.717) is 11.3 Å². The molecule has 0 fully saturated rings. The van der Waals surface area contributed by atoms with E-state index in [2.05, 4.69) is 5.32 Å². The summed E-state index contributed by atoms with van der Waals surface area (Å²) in [4.78, 5) is 13.3. The summed E-state index contributed by atoms with van der Waals surface area (Å²) in [5.41, 5.74) is 3.37. The van der Waals surface area contributed by atoms with E-state index in [0.717, 1.165) is 21.7 Å². The first-order chi connectivity index (χ1) is 14.4. The Labute approximate surface area is 179 Å². The highest BCUT2D eigenvalue weighted by Gasteiger charge is 2.34. The molecule has 4 rings (SSSR count). The maximum absolute atomic E-state index is 14.4. The number of hydrogen-bond donors (Lipinski definition) is 1. The molecule has 156 valence electrons. The predicted molar refractivity (Wildman–Crippen MR) is 117 cm³/mol. The Kier molecular flexibility index (Phi) is 5.80. The molecule has 0 amide bonds. The average molecular weight is 427 g/mol. The number of rotatable bonds is 5. The highest BCUT2D eigenvalue weighted by atomic mass is 32.2. The van der Waals surface area contributed by atoms with Gasteiger partial charge in [0.15, 0.2) is 0 Å². The molecular formula is C24H24F2N2OS. The molecule has 3 nitrogen and oxygen atoms in total. The summed E-state index contributed by atoms with van der Waals surface area (Å²) in [5, 5.41) is 4.17. The van der Waals surface area contributed by atoms with Gasteiger partial charge >= 0.3 is 0 Å². The Hall–Kier alpha value is -2.44. The molecule has 3 aromatic rings. The Morgan fingerprint density at radius 1 is 1.03 bits per heavy atom. The Bertz CT molecular complexity index is 1120. The molecule has 2 atom stereocenters. The second kappa shape index (κ2) is 8.36. The van der Waals surface area contributed by atoms with Crippen LogP contribution < -0.4 is 10.9 Å². The third kappa shape index (κ3) is 3.48. The van der Waals surface area contributed by atoms with E-state index in [9.17, 15) is 13.6 Å². The van der Waals surface area contributed by atoms with Crippen molar-refractivity contribution in [3.8, 4) is 0 Å². The van der Waals surface area contributed by atoms with Crippen molar-refractivity contribution in [2.45, 2.75) is 37.4 Å². The molecule has 0 radical (unpaired) electrons. The Morgan fingerprint density at radius 3 is 2.33 bits per heavy atom. The van der Waals surface area contributed by atoms with Gasteiger partial charge in [-0.1, -0.05) is 36.4 Å². The van der Waals surface area contributed by atoms with Crippen molar-refractivity contribution in [3.05, 3.63) is 98.3 Å². The summed E-state index contributed by atoms with van der Waals surface area (Å²) in [6, 6.07) is 13.8. The zero-order valence-corrected chi connectivity index (χ0v) is 18.0. The molecule has 30 heavy (non-hydrogen) atoms. The Balaban J connectivity index is 1.85. The third-order valence-electron chi connectivity index (χ3n) is 6.02.